The Kier molecular flexibility index (Phi) is 2.46. The van der Waals surface area contributed by atoms with E-state index in [0.29, 0.717) is 17.0 Å². The Labute approximate surface area is 99.8 Å². The van der Waals surface area contributed by atoms with Crippen molar-refractivity contribution >= 4 is 11.9 Å². The molecule has 1 heterocycles. The Hall–Kier alpha value is -1.64. The average Bonchev–Trinajstić information content (AvgIpc) is 2.66. The molecule has 0 atom stereocenters. The molecule has 0 unspecified atom stereocenters. The molecule has 0 saturated heterocycles. The van der Waals surface area contributed by atoms with Gasteiger partial charge in [0.2, 0.25) is 0 Å². The van der Waals surface area contributed by atoms with Crippen LogP contribution in [0.25, 0.3) is 0 Å². The zero-order valence-electron chi connectivity index (χ0n) is 9.57. The molecule has 17 heavy (non-hydrogen) atoms. The number of hydrogen-bond acceptors (Lipinski definition) is 3. The van der Waals surface area contributed by atoms with Crippen molar-refractivity contribution in [1.82, 2.24) is 0 Å². The van der Waals surface area contributed by atoms with Gasteiger partial charge in [0.25, 0.3) is 0 Å². The minimum atomic E-state index is -0.514. The van der Waals surface area contributed by atoms with Crippen LogP contribution in [0.3, 0.4) is 0 Å². The molecule has 1 aromatic rings. The Morgan fingerprint density at radius 2 is 1.65 bits per heavy atom. The van der Waals surface area contributed by atoms with Crippen LogP contribution in [0.5, 0.6) is 0 Å². The van der Waals surface area contributed by atoms with Crippen molar-refractivity contribution in [2.75, 3.05) is 0 Å². The van der Waals surface area contributed by atoms with E-state index in [2.05, 4.69) is 4.74 Å². The van der Waals surface area contributed by atoms with E-state index < -0.39 is 11.9 Å². The van der Waals surface area contributed by atoms with Crippen LogP contribution in [0.4, 0.5) is 0 Å². The molecule has 0 aromatic heterocycles. The summed E-state index contributed by atoms with van der Waals surface area (Å²) in [5, 5.41) is 0. The number of carbonyl (C=O) groups is 2. The fraction of sp³-hybridized carbons (Fsp3) is 0.429. The van der Waals surface area contributed by atoms with Gasteiger partial charge in [-0.3, -0.25) is 0 Å². The molecule has 0 radical (unpaired) electrons. The van der Waals surface area contributed by atoms with E-state index in [1.165, 1.54) is 37.7 Å². The van der Waals surface area contributed by atoms with Gasteiger partial charge in [-0.25, -0.2) is 9.59 Å². The predicted octanol–water partition coefficient (Wildman–Crippen LogP) is 3.04. The summed E-state index contributed by atoms with van der Waals surface area (Å²) < 4.78 is 4.60. The lowest BCUT2D eigenvalue weighted by molar-refractivity contribution is 0.0444. The number of fused-ring (bicyclic) bond motifs is 1. The minimum absolute atomic E-state index is 0.412. The first-order valence-electron chi connectivity index (χ1n) is 6.16. The van der Waals surface area contributed by atoms with Crippen molar-refractivity contribution < 1.29 is 14.3 Å². The number of carbonyl (C=O) groups excluding carboxylic acids is 2. The van der Waals surface area contributed by atoms with Crippen molar-refractivity contribution in [3.8, 4) is 0 Å². The Morgan fingerprint density at radius 1 is 0.941 bits per heavy atom. The number of esters is 2. The van der Waals surface area contributed by atoms with Crippen molar-refractivity contribution in [3.05, 3.63) is 34.9 Å². The smallest absolute Gasteiger partial charge is 0.346 e. The third kappa shape index (κ3) is 1.75. The van der Waals surface area contributed by atoms with E-state index in [4.69, 9.17) is 0 Å². The number of hydrogen-bond donors (Lipinski definition) is 0. The lowest BCUT2D eigenvalue weighted by Crippen LogP contribution is -2.05. The van der Waals surface area contributed by atoms with E-state index in [0.717, 1.165) is 0 Å². The molecule has 1 saturated carbocycles. The monoisotopic (exact) mass is 230 g/mol. The molecule has 1 aromatic carbocycles. The maximum absolute atomic E-state index is 11.5. The highest BCUT2D eigenvalue weighted by Gasteiger charge is 2.30. The third-order valence-electron chi connectivity index (χ3n) is 3.75. The highest BCUT2D eigenvalue weighted by molar-refractivity contribution is 6.14. The first-order chi connectivity index (χ1) is 8.25. The van der Waals surface area contributed by atoms with Gasteiger partial charge in [-0.1, -0.05) is 25.3 Å². The number of rotatable bonds is 1. The Bertz CT molecular complexity index is 484. The summed E-state index contributed by atoms with van der Waals surface area (Å²) >= 11 is 0. The molecule has 0 amide bonds. The molecule has 2 aliphatic rings. The average molecular weight is 230 g/mol. The first kappa shape index (κ1) is 10.5. The summed E-state index contributed by atoms with van der Waals surface area (Å²) in [6.45, 7) is 0. The van der Waals surface area contributed by atoms with Crippen LogP contribution in [0.15, 0.2) is 18.2 Å². The van der Waals surface area contributed by atoms with Crippen LogP contribution in [0, 0.1) is 0 Å². The number of benzene rings is 1. The molecule has 0 N–H and O–H groups in total. The van der Waals surface area contributed by atoms with Crippen LogP contribution in [0.2, 0.25) is 0 Å². The van der Waals surface area contributed by atoms with E-state index in [1.54, 1.807) is 6.07 Å². The molecule has 0 spiro atoms. The number of cyclic esters (lactones) is 2. The molecule has 3 nitrogen and oxygen atoms in total. The van der Waals surface area contributed by atoms with Crippen molar-refractivity contribution in [2.45, 2.75) is 38.0 Å². The van der Waals surface area contributed by atoms with E-state index in [-0.39, 0.29) is 0 Å². The SMILES string of the molecule is O=C1OC(=O)c2cc(C3CCCCC3)ccc21. The predicted molar refractivity (Wildman–Crippen MR) is 62.0 cm³/mol. The molecule has 88 valence electrons. The second kappa shape index (κ2) is 3.99. The molecule has 3 rings (SSSR count). The van der Waals surface area contributed by atoms with Gasteiger partial charge in [-0.2, -0.15) is 0 Å². The first-order valence-corrected chi connectivity index (χ1v) is 6.16. The van der Waals surface area contributed by atoms with Gasteiger partial charge in [0.05, 0.1) is 11.1 Å². The van der Waals surface area contributed by atoms with Gasteiger partial charge < -0.3 is 4.74 Å². The van der Waals surface area contributed by atoms with Gasteiger partial charge in [-0.15, -0.1) is 0 Å². The third-order valence-corrected chi connectivity index (χ3v) is 3.75. The molecule has 3 heteroatoms. The summed E-state index contributed by atoms with van der Waals surface area (Å²) in [5.74, 6) is -0.472. The Balaban J connectivity index is 1.95. The van der Waals surface area contributed by atoms with Gasteiger partial charge in [0.1, 0.15) is 0 Å². The molecule has 1 aliphatic carbocycles. The van der Waals surface area contributed by atoms with Crippen molar-refractivity contribution in [1.29, 1.82) is 0 Å². The fourth-order valence-electron chi connectivity index (χ4n) is 2.79. The minimum Gasteiger partial charge on any atom is -0.386 e. The fourth-order valence-corrected chi connectivity index (χ4v) is 2.79. The van der Waals surface area contributed by atoms with E-state index in [9.17, 15) is 9.59 Å². The van der Waals surface area contributed by atoms with Crippen LogP contribution in [0.1, 0.15) is 64.3 Å². The molecule has 1 aliphatic heterocycles. The Morgan fingerprint density at radius 3 is 2.41 bits per heavy atom. The molecule has 1 fully saturated rings. The van der Waals surface area contributed by atoms with E-state index in [1.807, 2.05) is 12.1 Å². The highest BCUT2D eigenvalue weighted by Crippen LogP contribution is 2.34. The van der Waals surface area contributed by atoms with Gasteiger partial charge in [-0.05, 0) is 36.5 Å². The van der Waals surface area contributed by atoms with Crippen molar-refractivity contribution in [3.63, 3.8) is 0 Å². The zero-order chi connectivity index (χ0) is 11.8. The summed E-state index contributed by atoms with van der Waals surface area (Å²) in [6, 6.07) is 5.54. The quantitative estimate of drug-likeness (QED) is 0.550. The molecular formula is C14H14O3. The topological polar surface area (TPSA) is 43.4 Å². The summed E-state index contributed by atoms with van der Waals surface area (Å²) in [4.78, 5) is 22.8. The van der Waals surface area contributed by atoms with Crippen LogP contribution in [-0.2, 0) is 4.74 Å². The maximum atomic E-state index is 11.5. The zero-order valence-corrected chi connectivity index (χ0v) is 9.57. The normalized spacial score (nSPS) is 20.2. The largest absolute Gasteiger partial charge is 0.386 e. The summed E-state index contributed by atoms with van der Waals surface area (Å²) in [7, 11) is 0. The number of ether oxygens (including phenoxy) is 1. The standard InChI is InChI=1S/C14H14O3/c15-13-11-7-6-10(8-12(11)14(16)17-13)9-4-2-1-3-5-9/h6-9H,1-5H2. The van der Waals surface area contributed by atoms with Gasteiger partial charge in [0.15, 0.2) is 0 Å². The lowest BCUT2D eigenvalue weighted by atomic mass is 9.83. The van der Waals surface area contributed by atoms with Gasteiger partial charge in [0, 0.05) is 0 Å². The summed E-state index contributed by atoms with van der Waals surface area (Å²) in [5.41, 5.74) is 2.03. The van der Waals surface area contributed by atoms with Crippen molar-refractivity contribution in [2.24, 2.45) is 0 Å². The van der Waals surface area contributed by atoms with Crippen LogP contribution >= 0.6 is 0 Å². The van der Waals surface area contributed by atoms with Gasteiger partial charge >= 0.3 is 11.9 Å². The van der Waals surface area contributed by atoms with E-state index >= 15 is 0 Å². The van der Waals surface area contributed by atoms with Crippen LogP contribution in [-0.4, -0.2) is 11.9 Å². The molecule has 0 bridgehead atoms. The lowest BCUT2D eigenvalue weighted by Gasteiger charge is -2.22. The second-order valence-electron chi connectivity index (χ2n) is 4.82. The molecular weight excluding hydrogens is 216 g/mol. The second-order valence-corrected chi connectivity index (χ2v) is 4.82. The maximum Gasteiger partial charge on any atom is 0.346 e. The summed E-state index contributed by atoms with van der Waals surface area (Å²) in [6.07, 6.45) is 6.18. The van der Waals surface area contributed by atoms with Crippen LogP contribution < -0.4 is 0 Å². The highest BCUT2D eigenvalue weighted by atomic mass is 16.6.